The molecule has 2 fully saturated rings. The predicted molar refractivity (Wildman–Crippen MR) is 97.7 cm³/mol. The topological polar surface area (TPSA) is 73.5 Å². The lowest BCUT2D eigenvalue weighted by Crippen LogP contribution is -2.44. The number of H-pyrrole nitrogens is 1. The molecular weight excluding hydrogens is 330 g/mol. The van der Waals surface area contributed by atoms with Crippen molar-refractivity contribution in [2.75, 3.05) is 13.6 Å². The monoisotopic (exact) mass is 351 g/mol. The van der Waals surface area contributed by atoms with Gasteiger partial charge in [0.2, 0.25) is 5.91 Å². The van der Waals surface area contributed by atoms with Crippen molar-refractivity contribution in [2.24, 2.45) is 0 Å². The van der Waals surface area contributed by atoms with E-state index in [9.17, 15) is 14.4 Å². The van der Waals surface area contributed by atoms with Crippen LogP contribution in [0.2, 0.25) is 0 Å². The van der Waals surface area contributed by atoms with Gasteiger partial charge in [0.25, 0.3) is 11.5 Å². The zero-order valence-corrected chi connectivity index (χ0v) is 14.6. The van der Waals surface area contributed by atoms with Gasteiger partial charge in [0.1, 0.15) is 5.56 Å². The molecule has 2 bridgehead atoms. The molecule has 6 heteroatoms. The molecule has 2 aromatic rings. The van der Waals surface area contributed by atoms with Gasteiger partial charge in [-0.25, -0.2) is 0 Å². The van der Waals surface area contributed by atoms with Crippen molar-refractivity contribution in [3.05, 3.63) is 58.4 Å². The molecule has 2 atom stereocenters. The first-order chi connectivity index (χ1) is 12.5. The molecular formula is C20H21N3O3. The van der Waals surface area contributed by atoms with E-state index in [0.717, 1.165) is 18.4 Å². The van der Waals surface area contributed by atoms with E-state index in [2.05, 4.69) is 4.98 Å². The van der Waals surface area contributed by atoms with Gasteiger partial charge in [0, 0.05) is 37.8 Å². The summed E-state index contributed by atoms with van der Waals surface area (Å²) in [5.41, 5.74) is 1.32. The molecule has 1 N–H and O–H groups in total. The highest BCUT2D eigenvalue weighted by molar-refractivity contribution is 5.95. The number of aromatic nitrogens is 1. The van der Waals surface area contributed by atoms with E-state index in [1.807, 2.05) is 30.3 Å². The second-order valence-electron chi connectivity index (χ2n) is 7.06. The largest absolute Gasteiger partial charge is 0.344 e. The highest BCUT2D eigenvalue weighted by Crippen LogP contribution is 2.31. The van der Waals surface area contributed by atoms with Crippen LogP contribution in [0.5, 0.6) is 0 Å². The average Bonchev–Trinajstić information content (AvgIpc) is 2.98. The summed E-state index contributed by atoms with van der Waals surface area (Å²) in [6.45, 7) is 0.529. The fraction of sp³-hybridized carbons (Fsp3) is 0.350. The third kappa shape index (κ3) is 2.81. The lowest BCUT2D eigenvalue weighted by atomic mass is 10.1. The molecule has 0 spiro atoms. The molecule has 4 rings (SSSR count). The Bertz CT molecular complexity index is 906. The highest BCUT2D eigenvalue weighted by Gasteiger charge is 2.42. The van der Waals surface area contributed by atoms with Crippen molar-refractivity contribution in [1.29, 1.82) is 0 Å². The maximum Gasteiger partial charge on any atom is 0.261 e. The average molecular weight is 351 g/mol. The quantitative estimate of drug-likeness (QED) is 0.898. The summed E-state index contributed by atoms with van der Waals surface area (Å²) in [5.74, 6) is -0.218. The molecule has 26 heavy (non-hydrogen) atoms. The summed E-state index contributed by atoms with van der Waals surface area (Å²) in [6, 6.07) is 12.7. The Morgan fingerprint density at radius 3 is 2.50 bits per heavy atom. The van der Waals surface area contributed by atoms with E-state index in [-0.39, 0.29) is 35.0 Å². The number of fused-ring (bicyclic) bond motifs is 2. The van der Waals surface area contributed by atoms with E-state index in [0.29, 0.717) is 18.7 Å². The maximum atomic E-state index is 13.1. The number of amides is 2. The lowest BCUT2D eigenvalue weighted by molar-refractivity contribution is -0.130. The number of likely N-dealkylation sites (tertiary alicyclic amines) is 1. The smallest absolute Gasteiger partial charge is 0.261 e. The maximum absolute atomic E-state index is 13.1. The zero-order valence-electron chi connectivity index (χ0n) is 14.6. The number of rotatable bonds is 2. The molecule has 0 aliphatic carbocycles. The van der Waals surface area contributed by atoms with Crippen molar-refractivity contribution in [2.45, 2.75) is 31.3 Å². The number of carbonyl (C=O) groups is 2. The van der Waals surface area contributed by atoms with Gasteiger partial charge >= 0.3 is 0 Å². The molecule has 1 aromatic heterocycles. The number of nitrogens with zero attached hydrogens (tertiary/aromatic N) is 2. The van der Waals surface area contributed by atoms with Crippen LogP contribution in [0.15, 0.2) is 47.3 Å². The molecule has 3 heterocycles. The Labute approximate surface area is 151 Å². The number of hydrogen-bond donors (Lipinski definition) is 1. The van der Waals surface area contributed by atoms with Crippen LogP contribution in [0.1, 0.15) is 29.6 Å². The van der Waals surface area contributed by atoms with E-state index in [1.165, 1.54) is 0 Å². The number of aromatic amines is 1. The molecule has 0 saturated carbocycles. The lowest BCUT2D eigenvalue weighted by Gasteiger charge is -2.27. The number of carbonyl (C=O) groups excluding carboxylic acids is 2. The molecule has 134 valence electrons. The zero-order chi connectivity index (χ0) is 18.3. The SMILES string of the molecule is CN1C[C@H]2CC[C@@H](CC1=O)N2C(=O)c1ccc(-c2ccccc2)[nH]c1=O. The number of hydrogen-bond acceptors (Lipinski definition) is 3. The van der Waals surface area contributed by atoms with Gasteiger partial charge in [-0.3, -0.25) is 14.4 Å². The minimum atomic E-state index is -0.389. The van der Waals surface area contributed by atoms with E-state index in [4.69, 9.17) is 0 Å². The van der Waals surface area contributed by atoms with Crippen LogP contribution >= 0.6 is 0 Å². The summed E-state index contributed by atoms with van der Waals surface area (Å²) in [4.78, 5) is 44.0. The van der Waals surface area contributed by atoms with Gasteiger partial charge in [0.05, 0.1) is 0 Å². The first-order valence-electron chi connectivity index (χ1n) is 8.90. The molecule has 2 saturated heterocycles. The molecule has 0 unspecified atom stereocenters. The van der Waals surface area contributed by atoms with Gasteiger partial charge in [0.15, 0.2) is 0 Å². The summed E-state index contributed by atoms with van der Waals surface area (Å²) >= 11 is 0. The van der Waals surface area contributed by atoms with Gasteiger partial charge in [-0.1, -0.05) is 30.3 Å². The van der Waals surface area contributed by atoms with Gasteiger partial charge in [-0.2, -0.15) is 0 Å². The third-order valence-electron chi connectivity index (χ3n) is 5.40. The first kappa shape index (κ1) is 16.6. The Balaban J connectivity index is 1.65. The highest BCUT2D eigenvalue weighted by atomic mass is 16.2. The summed E-state index contributed by atoms with van der Waals surface area (Å²) < 4.78 is 0. The number of nitrogens with one attached hydrogen (secondary N) is 1. The number of benzene rings is 1. The van der Waals surface area contributed by atoms with Crippen LogP contribution in [0.4, 0.5) is 0 Å². The Morgan fingerprint density at radius 1 is 1.04 bits per heavy atom. The van der Waals surface area contributed by atoms with Gasteiger partial charge in [-0.05, 0) is 30.5 Å². The predicted octanol–water partition coefficient (Wildman–Crippen LogP) is 1.88. The first-order valence-corrected chi connectivity index (χ1v) is 8.90. The minimum absolute atomic E-state index is 0.0165. The fourth-order valence-electron chi connectivity index (χ4n) is 4.02. The van der Waals surface area contributed by atoms with Crippen molar-refractivity contribution in [3.8, 4) is 11.3 Å². The fourth-order valence-corrected chi connectivity index (χ4v) is 4.02. The Morgan fingerprint density at radius 2 is 1.77 bits per heavy atom. The second kappa shape index (κ2) is 6.44. The Kier molecular flexibility index (Phi) is 4.11. The third-order valence-corrected chi connectivity index (χ3v) is 5.40. The molecule has 2 aliphatic heterocycles. The number of likely N-dealkylation sites (N-methyl/N-ethyl adjacent to an activating group) is 1. The van der Waals surface area contributed by atoms with Crippen molar-refractivity contribution >= 4 is 11.8 Å². The van der Waals surface area contributed by atoms with Crippen LogP contribution in [0.25, 0.3) is 11.3 Å². The minimum Gasteiger partial charge on any atom is -0.344 e. The van der Waals surface area contributed by atoms with Crippen molar-refractivity contribution in [1.82, 2.24) is 14.8 Å². The van der Waals surface area contributed by atoms with E-state index in [1.54, 1.807) is 29.0 Å². The van der Waals surface area contributed by atoms with Gasteiger partial charge < -0.3 is 14.8 Å². The van der Waals surface area contributed by atoms with Crippen LogP contribution in [0.3, 0.4) is 0 Å². The van der Waals surface area contributed by atoms with Crippen LogP contribution in [-0.4, -0.2) is 52.3 Å². The van der Waals surface area contributed by atoms with Crippen molar-refractivity contribution in [3.63, 3.8) is 0 Å². The normalized spacial score (nSPS) is 22.4. The van der Waals surface area contributed by atoms with E-state index < -0.39 is 0 Å². The van der Waals surface area contributed by atoms with Crippen LogP contribution in [-0.2, 0) is 4.79 Å². The molecule has 1 aromatic carbocycles. The molecule has 2 amide bonds. The number of pyridine rings is 1. The van der Waals surface area contributed by atoms with Crippen molar-refractivity contribution < 1.29 is 9.59 Å². The summed E-state index contributed by atoms with van der Waals surface area (Å²) in [6.07, 6.45) is 2.02. The molecule has 0 radical (unpaired) electrons. The van der Waals surface area contributed by atoms with E-state index >= 15 is 0 Å². The standard InChI is InChI=1S/C20H21N3O3/c1-22-12-15-8-7-14(11-18(22)24)23(15)20(26)16-9-10-17(21-19(16)25)13-5-3-2-4-6-13/h2-6,9-10,14-15H,7-8,11-12H2,1H3,(H,21,25)/t14-,15+/m0/s1. The van der Waals surface area contributed by atoms with Gasteiger partial charge in [-0.15, -0.1) is 0 Å². The second-order valence-corrected chi connectivity index (χ2v) is 7.06. The van der Waals surface area contributed by atoms with Crippen LogP contribution in [0, 0.1) is 0 Å². The molecule has 2 aliphatic rings. The van der Waals surface area contributed by atoms with Crippen LogP contribution < -0.4 is 5.56 Å². The Hall–Kier alpha value is -2.89. The molecule has 6 nitrogen and oxygen atoms in total. The summed E-state index contributed by atoms with van der Waals surface area (Å²) in [7, 11) is 1.77. The summed E-state index contributed by atoms with van der Waals surface area (Å²) in [5, 5.41) is 0.